The van der Waals surface area contributed by atoms with E-state index in [1.54, 1.807) is 23.5 Å². The quantitative estimate of drug-likeness (QED) is 0.420. The Morgan fingerprint density at radius 3 is 2.89 bits per heavy atom. The average molecular weight is 418 g/mol. The molecule has 7 nitrogen and oxygen atoms in total. The summed E-state index contributed by atoms with van der Waals surface area (Å²) in [7, 11) is 1.40. The number of ether oxygens (including phenoxy) is 1. The number of benzene rings is 2. The van der Waals surface area contributed by atoms with Crippen molar-refractivity contribution in [3.8, 4) is 5.75 Å². The number of thiazole rings is 1. The van der Waals surface area contributed by atoms with Crippen molar-refractivity contribution in [1.82, 2.24) is 10.3 Å². The standard InChI is InChI=1S/C19H19N3O4S2/c1-26-16-7-6-13(10-15(16)22(24)25)11-27-12-18(23)20-9-8-19-21-14-4-2-3-5-17(14)28-19/h2-7,10H,8-9,11-12H2,1H3,(H,20,23). The van der Waals surface area contributed by atoms with Crippen molar-refractivity contribution >= 4 is 44.9 Å². The molecular weight excluding hydrogens is 398 g/mol. The van der Waals surface area contributed by atoms with Gasteiger partial charge in [-0.2, -0.15) is 0 Å². The van der Waals surface area contributed by atoms with Gasteiger partial charge in [-0.25, -0.2) is 4.98 Å². The van der Waals surface area contributed by atoms with Crippen molar-refractivity contribution in [3.63, 3.8) is 0 Å². The van der Waals surface area contributed by atoms with Gasteiger partial charge < -0.3 is 10.1 Å². The summed E-state index contributed by atoms with van der Waals surface area (Å²) in [5.41, 5.74) is 1.69. The van der Waals surface area contributed by atoms with E-state index >= 15 is 0 Å². The van der Waals surface area contributed by atoms with Crippen LogP contribution in [0.4, 0.5) is 5.69 Å². The largest absolute Gasteiger partial charge is 0.490 e. The first-order chi connectivity index (χ1) is 13.6. The number of nitro benzene ring substituents is 1. The van der Waals surface area contributed by atoms with Crippen LogP contribution in [0.3, 0.4) is 0 Å². The monoisotopic (exact) mass is 417 g/mol. The maximum Gasteiger partial charge on any atom is 0.311 e. The fraction of sp³-hybridized carbons (Fsp3) is 0.263. The summed E-state index contributed by atoms with van der Waals surface area (Å²) in [6, 6.07) is 12.8. The molecule has 0 saturated heterocycles. The lowest BCUT2D eigenvalue weighted by Crippen LogP contribution is -2.27. The van der Waals surface area contributed by atoms with E-state index in [1.807, 2.05) is 24.3 Å². The summed E-state index contributed by atoms with van der Waals surface area (Å²) in [6.45, 7) is 0.535. The second-order valence-corrected chi connectivity index (χ2v) is 8.03. The Kier molecular flexibility index (Phi) is 6.83. The molecule has 1 amide bonds. The first-order valence-corrected chi connectivity index (χ1v) is 10.5. The number of para-hydroxylation sites is 1. The van der Waals surface area contributed by atoms with Gasteiger partial charge in [0.2, 0.25) is 5.91 Å². The Balaban J connectivity index is 1.42. The number of nitro groups is 1. The van der Waals surface area contributed by atoms with Crippen molar-refractivity contribution in [1.29, 1.82) is 0 Å². The minimum Gasteiger partial charge on any atom is -0.490 e. The molecule has 2 aromatic carbocycles. The number of fused-ring (bicyclic) bond motifs is 1. The maximum atomic E-state index is 12.0. The van der Waals surface area contributed by atoms with Gasteiger partial charge in [0.25, 0.3) is 0 Å². The van der Waals surface area contributed by atoms with Crippen LogP contribution in [0.15, 0.2) is 42.5 Å². The summed E-state index contributed by atoms with van der Waals surface area (Å²) in [4.78, 5) is 27.1. The van der Waals surface area contributed by atoms with Crippen LogP contribution in [-0.2, 0) is 17.0 Å². The van der Waals surface area contributed by atoms with Crippen molar-refractivity contribution in [2.24, 2.45) is 0 Å². The van der Waals surface area contributed by atoms with Crippen molar-refractivity contribution in [3.05, 3.63) is 63.1 Å². The van der Waals surface area contributed by atoms with E-state index in [2.05, 4.69) is 10.3 Å². The minimum atomic E-state index is -0.470. The van der Waals surface area contributed by atoms with Crippen molar-refractivity contribution < 1.29 is 14.5 Å². The molecule has 0 aliphatic heterocycles. The second kappa shape index (κ2) is 9.52. The minimum absolute atomic E-state index is 0.0610. The molecule has 28 heavy (non-hydrogen) atoms. The number of hydrogen-bond acceptors (Lipinski definition) is 7. The highest BCUT2D eigenvalue weighted by molar-refractivity contribution is 7.99. The first-order valence-electron chi connectivity index (χ1n) is 8.57. The average Bonchev–Trinajstić information content (AvgIpc) is 3.10. The number of rotatable bonds is 9. The third-order valence-electron chi connectivity index (χ3n) is 3.94. The number of nitrogens with one attached hydrogen (secondary N) is 1. The van der Waals surface area contributed by atoms with Crippen LogP contribution in [0.5, 0.6) is 5.75 Å². The number of amides is 1. The summed E-state index contributed by atoms with van der Waals surface area (Å²) < 4.78 is 6.13. The molecule has 0 aliphatic carbocycles. The van der Waals surface area contributed by atoms with Crippen LogP contribution < -0.4 is 10.1 Å². The van der Waals surface area contributed by atoms with Gasteiger partial charge in [0, 0.05) is 24.8 Å². The lowest BCUT2D eigenvalue weighted by molar-refractivity contribution is -0.385. The van der Waals surface area contributed by atoms with Crippen molar-refractivity contribution in [2.75, 3.05) is 19.4 Å². The molecule has 1 aromatic heterocycles. The van der Waals surface area contributed by atoms with Gasteiger partial charge in [-0.15, -0.1) is 23.1 Å². The third kappa shape index (κ3) is 5.20. The van der Waals surface area contributed by atoms with Gasteiger partial charge in [0.05, 0.1) is 33.0 Å². The summed E-state index contributed by atoms with van der Waals surface area (Å²) in [5, 5.41) is 14.9. The zero-order valence-corrected chi connectivity index (χ0v) is 16.8. The molecule has 1 N–H and O–H groups in total. The summed E-state index contributed by atoms with van der Waals surface area (Å²) >= 11 is 3.05. The van der Waals surface area contributed by atoms with E-state index in [9.17, 15) is 14.9 Å². The van der Waals surface area contributed by atoms with E-state index in [1.165, 1.54) is 24.9 Å². The van der Waals surface area contributed by atoms with E-state index in [0.717, 1.165) is 20.8 Å². The Morgan fingerprint density at radius 1 is 1.32 bits per heavy atom. The normalized spacial score (nSPS) is 10.8. The number of carbonyl (C=O) groups is 1. The zero-order valence-electron chi connectivity index (χ0n) is 15.2. The molecule has 146 valence electrons. The topological polar surface area (TPSA) is 94.4 Å². The number of methoxy groups -OCH3 is 1. The molecule has 0 unspecified atom stereocenters. The van der Waals surface area contributed by atoms with E-state index in [4.69, 9.17) is 4.74 Å². The highest BCUT2D eigenvalue weighted by atomic mass is 32.2. The van der Waals surface area contributed by atoms with Gasteiger partial charge in [-0.05, 0) is 23.8 Å². The fourth-order valence-electron chi connectivity index (χ4n) is 2.62. The van der Waals surface area contributed by atoms with Gasteiger partial charge in [-0.3, -0.25) is 14.9 Å². The third-order valence-corrected chi connectivity index (χ3v) is 6.04. The van der Waals surface area contributed by atoms with Crippen LogP contribution in [0.2, 0.25) is 0 Å². The lowest BCUT2D eigenvalue weighted by Gasteiger charge is -2.06. The van der Waals surface area contributed by atoms with E-state index < -0.39 is 4.92 Å². The van der Waals surface area contributed by atoms with Crippen LogP contribution >= 0.6 is 23.1 Å². The molecule has 3 aromatic rings. The predicted molar refractivity (Wildman–Crippen MR) is 112 cm³/mol. The predicted octanol–water partition coefficient (Wildman–Crippen LogP) is 3.81. The number of thioether (sulfide) groups is 1. The smallest absolute Gasteiger partial charge is 0.311 e. The molecule has 0 saturated carbocycles. The number of nitrogens with zero attached hydrogens (tertiary/aromatic N) is 2. The molecule has 0 bridgehead atoms. The molecular formula is C19H19N3O4S2. The molecule has 0 spiro atoms. The molecule has 3 rings (SSSR count). The van der Waals surface area contributed by atoms with Crippen LogP contribution in [-0.4, -0.2) is 35.2 Å². The van der Waals surface area contributed by atoms with Crippen molar-refractivity contribution in [2.45, 2.75) is 12.2 Å². The number of carbonyl (C=O) groups excluding carboxylic acids is 1. The highest BCUT2D eigenvalue weighted by Crippen LogP contribution is 2.29. The van der Waals surface area contributed by atoms with Gasteiger partial charge in [0.15, 0.2) is 5.75 Å². The molecule has 1 heterocycles. The van der Waals surface area contributed by atoms with E-state index in [0.29, 0.717) is 24.5 Å². The zero-order chi connectivity index (χ0) is 19.9. The Hall–Kier alpha value is -2.65. The van der Waals surface area contributed by atoms with Gasteiger partial charge >= 0.3 is 5.69 Å². The first kappa shape index (κ1) is 20.1. The fourth-order valence-corrected chi connectivity index (χ4v) is 4.39. The SMILES string of the molecule is COc1ccc(CSCC(=O)NCCc2nc3ccccc3s2)cc1[N+](=O)[O-]. The number of hydrogen-bond donors (Lipinski definition) is 1. The van der Waals surface area contributed by atoms with Gasteiger partial charge in [0.1, 0.15) is 0 Å². The second-order valence-electron chi connectivity index (χ2n) is 5.93. The molecule has 0 fully saturated rings. The highest BCUT2D eigenvalue weighted by Gasteiger charge is 2.15. The maximum absolute atomic E-state index is 12.0. The van der Waals surface area contributed by atoms with Crippen LogP contribution in [0.1, 0.15) is 10.6 Å². The molecule has 9 heteroatoms. The van der Waals surface area contributed by atoms with Crippen LogP contribution in [0, 0.1) is 10.1 Å². The van der Waals surface area contributed by atoms with E-state index in [-0.39, 0.29) is 17.3 Å². The molecule has 0 aliphatic rings. The molecule has 0 atom stereocenters. The Morgan fingerprint density at radius 2 is 2.14 bits per heavy atom. The van der Waals surface area contributed by atoms with Gasteiger partial charge in [-0.1, -0.05) is 18.2 Å². The summed E-state index contributed by atoms with van der Waals surface area (Å²) in [5.74, 6) is 0.968. The summed E-state index contributed by atoms with van der Waals surface area (Å²) in [6.07, 6.45) is 0.695. The Bertz CT molecular complexity index is 957. The lowest BCUT2D eigenvalue weighted by atomic mass is 10.2. The Labute approximate surface area is 170 Å². The number of aromatic nitrogens is 1. The van der Waals surface area contributed by atoms with Crippen LogP contribution in [0.25, 0.3) is 10.2 Å². The molecule has 0 radical (unpaired) electrons.